The van der Waals surface area contributed by atoms with Gasteiger partial charge in [-0.15, -0.1) is 0 Å². The van der Waals surface area contributed by atoms with Gasteiger partial charge >= 0.3 is 0 Å². The normalized spacial score (nSPS) is 10.7. The molecule has 7 heteroatoms. The lowest BCUT2D eigenvalue weighted by atomic mass is 10.2. The van der Waals surface area contributed by atoms with E-state index in [1.807, 2.05) is 24.3 Å². The molecule has 0 unspecified atom stereocenters. The van der Waals surface area contributed by atoms with Crippen LogP contribution in [0.15, 0.2) is 51.4 Å². The molecule has 1 N–H and O–H groups in total. The second-order valence-electron chi connectivity index (χ2n) is 4.41. The molecule has 21 heavy (non-hydrogen) atoms. The fourth-order valence-electron chi connectivity index (χ4n) is 1.88. The second kappa shape index (κ2) is 5.53. The smallest absolute Gasteiger partial charge is 0.295 e. The van der Waals surface area contributed by atoms with Crippen molar-refractivity contribution in [3.63, 3.8) is 0 Å². The zero-order valence-corrected chi connectivity index (χ0v) is 12.3. The van der Waals surface area contributed by atoms with Gasteiger partial charge in [0, 0.05) is 17.1 Å². The van der Waals surface area contributed by atoms with Gasteiger partial charge in [-0.25, -0.2) is 0 Å². The molecular weight excluding hydrogens is 338 g/mol. The number of rotatable bonds is 4. The number of oxazole rings is 1. The van der Waals surface area contributed by atoms with Crippen LogP contribution < -0.4 is 5.32 Å². The van der Waals surface area contributed by atoms with Crippen molar-refractivity contribution in [1.82, 2.24) is 4.98 Å². The Labute approximate surface area is 128 Å². The molecule has 6 nitrogen and oxygen atoms in total. The number of nitrogens with zero attached hydrogens (tertiary/aromatic N) is 2. The minimum absolute atomic E-state index is 0.0156. The van der Waals surface area contributed by atoms with Crippen LogP contribution in [0.3, 0.4) is 0 Å². The number of benzene rings is 2. The zero-order chi connectivity index (χ0) is 14.8. The summed E-state index contributed by atoms with van der Waals surface area (Å²) < 4.78 is 6.48. The minimum atomic E-state index is -0.461. The van der Waals surface area contributed by atoms with E-state index in [2.05, 4.69) is 26.2 Å². The van der Waals surface area contributed by atoms with E-state index in [0.29, 0.717) is 23.7 Å². The lowest BCUT2D eigenvalue weighted by molar-refractivity contribution is -0.384. The molecule has 3 aromatic rings. The van der Waals surface area contributed by atoms with Crippen LogP contribution in [-0.4, -0.2) is 9.91 Å². The first-order chi connectivity index (χ1) is 10.1. The largest absolute Gasteiger partial charge is 0.423 e. The molecule has 0 aliphatic rings. The van der Waals surface area contributed by atoms with Crippen molar-refractivity contribution < 1.29 is 9.34 Å². The molecule has 0 bridgehead atoms. The lowest BCUT2D eigenvalue weighted by Crippen LogP contribution is -1.98. The number of nitrogens with one attached hydrogen (secondary N) is 1. The highest BCUT2D eigenvalue weighted by Crippen LogP contribution is 2.24. The molecule has 1 aromatic heterocycles. The maximum absolute atomic E-state index is 10.7. The van der Waals surface area contributed by atoms with Crippen LogP contribution in [0.4, 0.5) is 11.7 Å². The maximum atomic E-state index is 10.7. The van der Waals surface area contributed by atoms with E-state index in [4.69, 9.17) is 4.42 Å². The molecule has 0 saturated heterocycles. The molecule has 106 valence electrons. The number of nitro groups is 1. The van der Waals surface area contributed by atoms with Crippen molar-refractivity contribution in [2.24, 2.45) is 0 Å². The van der Waals surface area contributed by atoms with Crippen LogP contribution in [0, 0.1) is 10.1 Å². The number of hydrogen-bond acceptors (Lipinski definition) is 5. The maximum Gasteiger partial charge on any atom is 0.295 e. The number of aromatic nitrogens is 1. The molecule has 2 aromatic carbocycles. The summed E-state index contributed by atoms with van der Waals surface area (Å²) in [4.78, 5) is 14.5. The van der Waals surface area contributed by atoms with Gasteiger partial charge in [0.15, 0.2) is 5.58 Å². The van der Waals surface area contributed by atoms with Gasteiger partial charge in [0.25, 0.3) is 11.7 Å². The van der Waals surface area contributed by atoms with Crippen molar-refractivity contribution in [2.45, 2.75) is 6.54 Å². The highest BCUT2D eigenvalue weighted by molar-refractivity contribution is 9.10. The second-order valence-corrected chi connectivity index (χ2v) is 5.32. The Kier molecular flexibility index (Phi) is 3.57. The summed E-state index contributed by atoms with van der Waals surface area (Å²) in [6, 6.07) is 12.5. The number of halogens is 1. The third-order valence-electron chi connectivity index (χ3n) is 2.94. The Hall–Kier alpha value is -2.41. The molecule has 0 fully saturated rings. The van der Waals surface area contributed by atoms with Gasteiger partial charge in [0.05, 0.1) is 11.0 Å². The van der Waals surface area contributed by atoms with E-state index in [0.717, 1.165) is 10.0 Å². The fraction of sp³-hybridized carbons (Fsp3) is 0.0714. The average molecular weight is 348 g/mol. The quantitative estimate of drug-likeness (QED) is 0.567. The van der Waals surface area contributed by atoms with Crippen molar-refractivity contribution >= 4 is 38.7 Å². The van der Waals surface area contributed by atoms with Gasteiger partial charge in [-0.1, -0.05) is 28.1 Å². The summed E-state index contributed by atoms with van der Waals surface area (Å²) in [6.45, 7) is 0.558. The van der Waals surface area contributed by atoms with Crippen molar-refractivity contribution in [2.75, 3.05) is 5.32 Å². The molecule has 1 heterocycles. The molecule has 0 aliphatic carbocycles. The Balaban J connectivity index is 1.78. The predicted molar refractivity (Wildman–Crippen MR) is 82.1 cm³/mol. The Morgan fingerprint density at radius 2 is 2.00 bits per heavy atom. The van der Waals surface area contributed by atoms with E-state index in [1.165, 1.54) is 12.1 Å². The standard InChI is InChI=1S/C14H10BrN3O3/c15-10-3-1-9(2-4-10)8-16-14-17-12-6-5-11(18(19)20)7-13(12)21-14/h1-7H,8H2,(H,16,17). The number of hydrogen-bond donors (Lipinski definition) is 1. The summed E-state index contributed by atoms with van der Waals surface area (Å²) in [5, 5.41) is 13.8. The molecule has 0 saturated carbocycles. The summed E-state index contributed by atoms with van der Waals surface area (Å²) in [6.07, 6.45) is 0. The van der Waals surface area contributed by atoms with E-state index in [1.54, 1.807) is 6.07 Å². The summed E-state index contributed by atoms with van der Waals surface area (Å²) in [7, 11) is 0. The van der Waals surface area contributed by atoms with Gasteiger partial charge < -0.3 is 9.73 Å². The minimum Gasteiger partial charge on any atom is -0.423 e. The first-order valence-electron chi connectivity index (χ1n) is 6.15. The fourth-order valence-corrected chi connectivity index (χ4v) is 2.15. The third-order valence-corrected chi connectivity index (χ3v) is 3.47. The topological polar surface area (TPSA) is 81.2 Å². The summed E-state index contributed by atoms with van der Waals surface area (Å²) in [5.41, 5.74) is 2.03. The first-order valence-corrected chi connectivity index (χ1v) is 6.94. The van der Waals surface area contributed by atoms with Gasteiger partial charge in [0.2, 0.25) is 0 Å². The van der Waals surface area contributed by atoms with Crippen molar-refractivity contribution in [1.29, 1.82) is 0 Å². The Morgan fingerprint density at radius 3 is 2.71 bits per heavy atom. The van der Waals surface area contributed by atoms with E-state index in [-0.39, 0.29) is 5.69 Å². The molecular formula is C14H10BrN3O3. The Bertz CT molecular complexity index is 799. The van der Waals surface area contributed by atoms with Crippen LogP contribution in [0.2, 0.25) is 0 Å². The van der Waals surface area contributed by atoms with Crippen LogP contribution in [0.1, 0.15) is 5.56 Å². The number of non-ortho nitro benzene ring substituents is 1. The summed E-state index contributed by atoms with van der Waals surface area (Å²) >= 11 is 3.38. The van der Waals surface area contributed by atoms with Gasteiger partial charge in [-0.3, -0.25) is 10.1 Å². The monoisotopic (exact) mass is 347 g/mol. The Morgan fingerprint density at radius 1 is 1.24 bits per heavy atom. The van der Waals surface area contributed by atoms with Crippen LogP contribution in [0.25, 0.3) is 11.1 Å². The third kappa shape index (κ3) is 3.03. The average Bonchev–Trinajstić information content (AvgIpc) is 2.88. The predicted octanol–water partition coefficient (Wildman–Crippen LogP) is 4.11. The zero-order valence-electron chi connectivity index (χ0n) is 10.7. The molecule has 3 rings (SSSR count). The molecule has 0 aliphatic heterocycles. The lowest BCUT2D eigenvalue weighted by Gasteiger charge is -2.01. The number of nitro benzene ring substituents is 1. The molecule has 0 amide bonds. The van der Waals surface area contributed by atoms with E-state index in [9.17, 15) is 10.1 Å². The molecule has 0 atom stereocenters. The highest BCUT2D eigenvalue weighted by Gasteiger charge is 2.11. The summed E-state index contributed by atoms with van der Waals surface area (Å²) in [5.74, 6) is 0. The van der Waals surface area contributed by atoms with Crippen LogP contribution in [0.5, 0.6) is 0 Å². The van der Waals surface area contributed by atoms with Gasteiger partial charge in [-0.05, 0) is 23.8 Å². The van der Waals surface area contributed by atoms with Crippen LogP contribution >= 0.6 is 15.9 Å². The highest BCUT2D eigenvalue weighted by atomic mass is 79.9. The van der Waals surface area contributed by atoms with Crippen molar-refractivity contribution in [3.05, 3.63) is 62.6 Å². The first kappa shape index (κ1) is 13.6. The van der Waals surface area contributed by atoms with E-state index < -0.39 is 4.92 Å². The van der Waals surface area contributed by atoms with E-state index >= 15 is 0 Å². The molecule has 0 spiro atoms. The number of anilines is 1. The molecule has 0 radical (unpaired) electrons. The van der Waals surface area contributed by atoms with Gasteiger partial charge in [-0.2, -0.15) is 4.98 Å². The van der Waals surface area contributed by atoms with Gasteiger partial charge in [0.1, 0.15) is 5.52 Å². The SMILES string of the molecule is O=[N+]([O-])c1ccc2nc(NCc3ccc(Br)cc3)oc2c1. The van der Waals surface area contributed by atoms with Crippen molar-refractivity contribution in [3.8, 4) is 0 Å². The van der Waals surface area contributed by atoms with Crippen LogP contribution in [-0.2, 0) is 6.54 Å². The number of fused-ring (bicyclic) bond motifs is 1.